The molecule has 1 aromatic heterocycles. The second-order valence-electron chi connectivity index (χ2n) is 6.28. The molecule has 8 heteroatoms. The van der Waals surface area contributed by atoms with E-state index < -0.39 is 0 Å². The highest BCUT2D eigenvalue weighted by atomic mass is 32.1. The van der Waals surface area contributed by atoms with E-state index in [1.807, 2.05) is 37.4 Å². The molecule has 1 heterocycles. The van der Waals surface area contributed by atoms with Gasteiger partial charge in [-0.1, -0.05) is 12.1 Å². The van der Waals surface area contributed by atoms with Crippen molar-refractivity contribution in [3.8, 4) is 28.7 Å². The average molecular weight is 401 g/mol. The van der Waals surface area contributed by atoms with Gasteiger partial charge in [0.25, 0.3) is 4.84 Å². The number of aromatic nitrogens is 2. The molecular formula is C20H23N3O4S. The van der Waals surface area contributed by atoms with Crippen molar-refractivity contribution in [2.24, 2.45) is 0 Å². The SMILES string of the molecule is COc1cccc(CN(C)Cn2nc(-c3cc(OC)cc(OC)c3)oc2=S)c1. The van der Waals surface area contributed by atoms with Gasteiger partial charge < -0.3 is 18.6 Å². The Balaban J connectivity index is 1.78. The summed E-state index contributed by atoms with van der Waals surface area (Å²) in [7, 11) is 6.84. The molecule has 0 fully saturated rings. The third-order valence-electron chi connectivity index (χ3n) is 4.17. The minimum absolute atomic E-state index is 0.300. The summed E-state index contributed by atoms with van der Waals surface area (Å²) in [6.45, 7) is 1.20. The lowest BCUT2D eigenvalue weighted by Gasteiger charge is -2.16. The maximum Gasteiger partial charge on any atom is 0.288 e. The average Bonchev–Trinajstić information content (AvgIpc) is 3.07. The zero-order valence-corrected chi connectivity index (χ0v) is 17.2. The van der Waals surface area contributed by atoms with Crippen molar-refractivity contribution in [2.45, 2.75) is 13.2 Å². The molecule has 0 radical (unpaired) electrons. The fourth-order valence-corrected chi connectivity index (χ4v) is 2.98. The standard InChI is InChI=1S/C20H23N3O4S/c1-22(12-14-6-5-7-16(8-14)24-2)13-23-20(28)27-19(21-23)15-9-17(25-3)11-18(10-15)26-4/h5-11H,12-13H2,1-4H3. The molecule has 28 heavy (non-hydrogen) atoms. The van der Waals surface area contributed by atoms with Crippen LogP contribution >= 0.6 is 12.2 Å². The largest absolute Gasteiger partial charge is 0.497 e. The Morgan fingerprint density at radius 2 is 1.68 bits per heavy atom. The Morgan fingerprint density at radius 1 is 1.00 bits per heavy atom. The quantitative estimate of drug-likeness (QED) is 0.529. The summed E-state index contributed by atoms with van der Waals surface area (Å²) in [4.78, 5) is 2.39. The second-order valence-corrected chi connectivity index (χ2v) is 6.63. The second kappa shape index (κ2) is 8.90. The zero-order valence-electron chi connectivity index (χ0n) is 16.3. The molecular weight excluding hydrogens is 378 g/mol. The van der Waals surface area contributed by atoms with E-state index in [2.05, 4.69) is 16.1 Å². The fraction of sp³-hybridized carbons (Fsp3) is 0.300. The van der Waals surface area contributed by atoms with Gasteiger partial charge in [-0.05, 0) is 49.1 Å². The summed E-state index contributed by atoms with van der Waals surface area (Å²) in [5.74, 6) is 2.55. The fourth-order valence-electron chi connectivity index (χ4n) is 2.80. The number of benzene rings is 2. The highest BCUT2D eigenvalue weighted by Crippen LogP contribution is 2.29. The van der Waals surface area contributed by atoms with Crippen LogP contribution in [0.15, 0.2) is 46.9 Å². The lowest BCUT2D eigenvalue weighted by atomic mass is 10.2. The lowest BCUT2D eigenvalue weighted by molar-refractivity contribution is 0.240. The molecule has 2 aromatic carbocycles. The van der Waals surface area contributed by atoms with Crippen LogP contribution in [0.5, 0.6) is 17.2 Å². The predicted octanol–water partition coefficient (Wildman–Crippen LogP) is 3.99. The van der Waals surface area contributed by atoms with Crippen LogP contribution in [0.2, 0.25) is 0 Å². The maximum atomic E-state index is 5.70. The van der Waals surface area contributed by atoms with Gasteiger partial charge in [0, 0.05) is 18.2 Å². The first-order valence-corrected chi connectivity index (χ1v) is 9.06. The van der Waals surface area contributed by atoms with Crippen LogP contribution in [0.1, 0.15) is 5.56 Å². The summed E-state index contributed by atoms with van der Waals surface area (Å²) >= 11 is 5.34. The Morgan fingerprint density at radius 3 is 2.32 bits per heavy atom. The molecule has 0 atom stereocenters. The number of nitrogens with zero attached hydrogens (tertiary/aromatic N) is 3. The normalized spacial score (nSPS) is 10.9. The molecule has 0 saturated carbocycles. The topological polar surface area (TPSA) is 61.9 Å². The van der Waals surface area contributed by atoms with Crippen molar-refractivity contribution in [1.82, 2.24) is 14.7 Å². The highest BCUT2D eigenvalue weighted by Gasteiger charge is 2.13. The van der Waals surface area contributed by atoms with Gasteiger partial charge in [-0.15, -0.1) is 5.10 Å². The van der Waals surface area contributed by atoms with Crippen LogP contribution in [0.4, 0.5) is 0 Å². The molecule has 0 bridgehead atoms. The number of hydrogen-bond donors (Lipinski definition) is 0. The number of methoxy groups -OCH3 is 3. The Kier molecular flexibility index (Phi) is 6.33. The molecule has 0 spiro atoms. The molecule has 148 valence electrons. The van der Waals surface area contributed by atoms with Crippen LogP contribution < -0.4 is 14.2 Å². The minimum Gasteiger partial charge on any atom is -0.497 e. The Bertz CT molecular complexity index is 977. The van der Waals surface area contributed by atoms with E-state index >= 15 is 0 Å². The lowest BCUT2D eigenvalue weighted by Crippen LogP contribution is -2.22. The number of ether oxygens (including phenoxy) is 3. The van der Waals surface area contributed by atoms with E-state index in [0.717, 1.165) is 16.9 Å². The van der Waals surface area contributed by atoms with Gasteiger partial charge >= 0.3 is 0 Å². The summed E-state index contributed by atoms with van der Waals surface area (Å²) in [5.41, 5.74) is 1.87. The molecule has 0 aliphatic carbocycles. The van der Waals surface area contributed by atoms with E-state index in [-0.39, 0.29) is 0 Å². The zero-order chi connectivity index (χ0) is 20.1. The van der Waals surface area contributed by atoms with Gasteiger partial charge in [-0.2, -0.15) is 0 Å². The number of hydrogen-bond acceptors (Lipinski definition) is 7. The summed E-state index contributed by atoms with van der Waals surface area (Å²) in [6.07, 6.45) is 0. The molecule has 0 unspecified atom stereocenters. The van der Waals surface area contributed by atoms with E-state index in [1.165, 1.54) is 0 Å². The highest BCUT2D eigenvalue weighted by molar-refractivity contribution is 7.71. The van der Waals surface area contributed by atoms with Gasteiger partial charge in [0.1, 0.15) is 17.2 Å². The van der Waals surface area contributed by atoms with Gasteiger partial charge in [0.05, 0.1) is 28.0 Å². The van der Waals surface area contributed by atoms with Crippen LogP contribution in [0, 0.1) is 4.84 Å². The third kappa shape index (κ3) is 4.71. The van der Waals surface area contributed by atoms with Gasteiger partial charge in [0.2, 0.25) is 5.89 Å². The van der Waals surface area contributed by atoms with Gasteiger partial charge in [0.15, 0.2) is 0 Å². The molecule has 0 aliphatic rings. The minimum atomic E-state index is 0.300. The third-order valence-corrected chi connectivity index (χ3v) is 4.46. The molecule has 3 aromatic rings. The molecule has 0 aliphatic heterocycles. The van der Waals surface area contributed by atoms with Crippen molar-refractivity contribution >= 4 is 12.2 Å². The smallest absolute Gasteiger partial charge is 0.288 e. The Labute approximate surface area is 169 Å². The van der Waals surface area contributed by atoms with Crippen LogP contribution in [-0.2, 0) is 13.2 Å². The van der Waals surface area contributed by atoms with Crippen molar-refractivity contribution < 1.29 is 18.6 Å². The van der Waals surface area contributed by atoms with Gasteiger partial charge in [-0.3, -0.25) is 4.90 Å². The molecule has 3 rings (SSSR count). The number of rotatable bonds is 8. The summed E-state index contributed by atoms with van der Waals surface area (Å²) < 4.78 is 23.2. The van der Waals surface area contributed by atoms with Crippen molar-refractivity contribution in [3.05, 3.63) is 52.9 Å². The van der Waals surface area contributed by atoms with Crippen molar-refractivity contribution in [2.75, 3.05) is 28.4 Å². The van der Waals surface area contributed by atoms with Crippen LogP contribution in [0.3, 0.4) is 0 Å². The summed E-state index contributed by atoms with van der Waals surface area (Å²) in [6, 6.07) is 13.4. The molecule has 0 saturated heterocycles. The Hall–Kier alpha value is -2.84. The van der Waals surface area contributed by atoms with Crippen LogP contribution in [0.25, 0.3) is 11.5 Å². The maximum absolute atomic E-state index is 5.70. The van der Waals surface area contributed by atoms with Crippen LogP contribution in [-0.4, -0.2) is 43.1 Å². The predicted molar refractivity (Wildman–Crippen MR) is 108 cm³/mol. The molecule has 0 N–H and O–H groups in total. The molecule has 7 nitrogen and oxygen atoms in total. The van der Waals surface area contributed by atoms with Gasteiger partial charge in [-0.25, -0.2) is 4.68 Å². The van der Waals surface area contributed by atoms with Crippen molar-refractivity contribution in [1.29, 1.82) is 0 Å². The van der Waals surface area contributed by atoms with Crippen molar-refractivity contribution in [3.63, 3.8) is 0 Å². The molecule has 0 amide bonds. The van der Waals surface area contributed by atoms with E-state index in [4.69, 9.17) is 30.8 Å². The monoisotopic (exact) mass is 401 g/mol. The van der Waals surface area contributed by atoms with E-state index in [9.17, 15) is 0 Å². The first-order valence-electron chi connectivity index (χ1n) is 8.65. The van der Waals surface area contributed by atoms with E-state index in [1.54, 1.807) is 32.1 Å². The first kappa shape index (κ1) is 19.9. The first-order chi connectivity index (χ1) is 13.5. The van der Waals surface area contributed by atoms with E-state index in [0.29, 0.717) is 35.4 Å². The summed E-state index contributed by atoms with van der Waals surface area (Å²) in [5, 5.41) is 4.51.